The molecule has 152 valence electrons. The molecule has 2 aromatic heterocycles. The van der Waals surface area contributed by atoms with Gasteiger partial charge in [-0.05, 0) is 30.7 Å². The van der Waals surface area contributed by atoms with Crippen molar-refractivity contribution in [1.29, 1.82) is 0 Å². The largest absolute Gasteiger partial charge is 0.338 e. The molecule has 4 rings (SSSR count). The SMILES string of the molecule is C=CCn1c(SCc2nc(-c3ccc(Cl)cc3)no2)nnc1C1CCS(=O)(=O)C1. The van der Waals surface area contributed by atoms with Gasteiger partial charge in [-0.15, -0.1) is 16.8 Å². The van der Waals surface area contributed by atoms with Crippen LogP contribution in [0.25, 0.3) is 11.4 Å². The second-order valence-corrected chi connectivity index (χ2v) is 10.3. The smallest absolute Gasteiger partial charge is 0.237 e. The molecule has 3 aromatic rings. The maximum Gasteiger partial charge on any atom is 0.237 e. The topological polar surface area (TPSA) is 104 Å². The zero-order valence-corrected chi connectivity index (χ0v) is 17.8. The molecule has 1 aromatic carbocycles. The molecule has 0 bridgehead atoms. The normalized spacial score (nSPS) is 18.2. The molecule has 1 fully saturated rings. The molecule has 1 saturated heterocycles. The van der Waals surface area contributed by atoms with Gasteiger partial charge in [0.05, 0.1) is 17.3 Å². The van der Waals surface area contributed by atoms with Crippen LogP contribution in [0.2, 0.25) is 5.02 Å². The van der Waals surface area contributed by atoms with E-state index in [4.69, 9.17) is 16.1 Å². The van der Waals surface area contributed by atoms with E-state index in [2.05, 4.69) is 26.9 Å². The molecule has 1 aliphatic heterocycles. The fourth-order valence-corrected chi connectivity index (χ4v) is 5.82. The zero-order valence-electron chi connectivity index (χ0n) is 15.4. The van der Waals surface area contributed by atoms with Gasteiger partial charge in [0.25, 0.3) is 0 Å². The molecule has 29 heavy (non-hydrogen) atoms. The Balaban J connectivity index is 1.49. The summed E-state index contributed by atoms with van der Waals surface area (Å²) in [6.07, 6.45) is 2.31. The van der Waals surface area contributed by atoms with Crippen molar-refractivity contribution in [3.63, 3.8) is 0 Å². The van der Waals surface area contributed by atoms with E-state index in [1.807, 2.05) is 16.7 Å². The zero-order chi connectivity index (χ0) is 20.4. The number of halogens is 1. The van der Waals surface area contributed by atoms with Crippen LogP contribution in [0.3, 0.4) is 0 Å². The predicted molar refractivity (Wildman–Crippen MR) is 111 cm³/mol. The molecule has 1 atom stereocenters. The minimum atomic E-state index is -3.00. The maximum atomic E-state index is 11.8. The first-order chi connectivity index (χ1) is 13.9. The molecule has 1 aliphatic rings. The lowest BCUT2D eigenvalue weighted by atomic mass is 10.1. The summed E-state index contributed by atoms with van der Waals surface area (Å²) >= 11 is 7.31. The molecular weight excluding hydrogens is 434 g/mol. The summed E-state index contributed by atoms with van der Waals surface area (Å²) in [6, 6.07) is 7.19. The summed E-state index contributed by atoms with van der Waals surface area (Å²) in [5.41, 5.74) is 0.814. The number of benzene rings is 1. The van der Waals surface area contributed by atoms with E-state index in [1.165, 1.54) is 11.8 Å². The Kier molecular flexibility index (Phi) is 5.75. The summed E-state index contributed by atoms with van der Waals surface area (Å²) < 4.78 is 30.9. The van der Waals surface area contributed by atoms with Crippen LogP contribution in [-0.4, -0.2) is 44.8 Å². The number of sulfone groups is 1. The average Bonchev–Trinajstić information content (AvgIpc) is 3.40. The van der Waals surface area contributed by atoms with E-state index in [0.29, 0.717) is 46.4 Å². The Morgan fingerprint density at radius 3 is 2.79 bits per heavy atom. The first-order valence-corrected chi connectivity index (χ1v) is 12.1. The highest BCUT2D eigenvalue weighted by molar-refractivity contribution is 7.98. The standard InChI is InChI=1S/C18H18ClN5O3S2/c1-2-8-24-17(13-7-9-29(25,26)11-13)21-22-18(24)28-10-15-20-16(23-27-15)12-3-5-14(19)6-4-12/h2-6,13H,1,7-11H2. The monoisotopic (exact) mass is 451 g/mol. The second-order valence-electron chi connectivity index (χ2n) is 6.65. The lowest BCUT2D eigenvalue weighted by Gasteiger charge is -2.10. The van der Waals surface area contributed by atoms with E-state index >= 15 is 0 Å². The van der Waals surface area contributed by atoms with E-state index < -0.39 is 9.84 Å². The van der Waals surface area contributed by atoms with E-state index in [-0.39, 0.29) is 17.4 Å². The van der Waals surface area contributed by atoms with E-state index in [9.17, 15) is 8.42 Å². The third-order valence-corrected chi connectivity index (χ3v) is 7.52. The molecule has 0 aliphatic carbocycles. The fourth-order valence-electron chi connectivity index (χ4n) is 3.16. The molecule has 0 amide bonds. The van der Waals surface area contributed by atoms with Crippen molar-refractivity contribution in [2.45, 2.75) is 29.8 Å². The Morgan fingerprint density at radius 2 is 2.10 bits per heavy atom. The van der Waals surface area contributed by atoms with Gasteiger partial charge in [-0.1, -0.05) is 34.6 Å². The minimum Gasteiger partial charge on any atom is -0.338 e. The summed E-state index contributed by atoms with van der Waals surface area (Å²) in [4.78, 5) is 4.41. The van der Waals surface area contributed by atoms with Crippen molar-refractivity contribution in [1.82, 2.24) is 24.9 Å². The molecule has 8 nitrogen and oxygen atoms in total. The van der Waals surface area contributed by atoms with Gasteiger partial charge in [0.1, 0.15) is 5.82 Å². The van der Waals surface area contributed by atoms with Crippen LogP contribution in [-0.2, 0) is 22.1 Å². The molecule has 1 unspecified atom stereocenters. The molecule has 3 heterocycles. The van der Waals surface area contributed by atoms with Gasteiger partial charge in [-0.2, -0.15) is 4.98 Å². The Labute approximate surface area is 177 Å². The van der Waals surface area contributed by atoms with Gasteiger partial charge in [-0.25, -0.2) is 8.42 Å². The van der Waals surface area contributed by atoms with Crippen LogP contribution in [0.4, 0.5) is 0 Å². The predicted octanol–water partition coefficient (Wildman–Crippen LogP) is 3.36. The molecule has 0 N–H and O–H groups in total. The van der Waals surface area contributed by atoms with Gasteiger partial charge in [0.15, 0.2) is 15.0 Å². The van der Waals surface area contributed by atoms with Crippen LogP contribution < -0.4 is 0 Å². The van der Waals surface area contributed by atoms with Gasteiger partial charge >= 0.3 is 0 Å². The highest BCUT2D eigenvalue weighted by atomic mass is 35.5. The van der Waals surface area contributed by atoms with Crippen LogP contribution in [0, 0.1) is 0 Å². The summed E-state index contributed by atoms with van der Waals surface area (Å²) in [7, 11) is -3.00. The number of aromatic nitrogens is 5. The summed E-state index contributed by atoms with van der Waals surface area (Å²) in [5.74, 6) is 2.21. The molecule has 0 radical (unpaired) electrons. The highest BCUT2D eigenvalue weighted by Crippen LogP contribution is 2.31. The number of rotatable bonds is 7. The Morgan fingerprint density at radius 1 is 1.31 bits per heavy atom. The van der Waals surface area contributed by atoms with Gasteiger partial charge in [0.2, 0.25) is 11.7 Å². The quantitative estimate of drug-likeness (QED) is 0.398. The number of allylic oxidation sites excluding steroid dienone is 1. The number of thioether (sulfide) groups is 1. The van der Waals surface area contributed by atoms with Gasteiger partial charge < -0.3 is 9.09 Å². The van der Waals surface area contributed by atoms with Crippen molar-refractivity contribution >= 4 is 33.2 Å². The number of nitrogens with zero attached hydrogens (tertiary/aromatic N) is 5. The van der Waals surface area contributed by atoms with Crippen LogP contribution >= 0.6 is 23.4 Å². The lowest BCUT2D eigenvalue weighted by Crippen LogP contribution is -2.11. The molecule has 0 saturated carbocycles. The van der Waals surface area contributed by atoms with Gasteiger partial charge in [-0.3, -0.25) is 0 Å². The van der Waals surface area contributed by atoms with Crippen molar-refractivity contribution in [3.05, 3.63) is 53.7 Å². The van der Waals surface area contributed by atoms with E-state index in [0.717, 1.165) is 5.56 Å². The first-order valence-electron chi connectivity index (χ1n) is 8.91. The summed E-state index contributed by atoms with van der Waals surface area (Å²) in [5, 5.41) is 13.8. The van der Waals surface area contributed by atoms with Crippen molar-refractivity contribution in [3.8, 4) is 11.4 Å². The van der Waals surface area contributed by atoms with Gasteiger partial charge in [0, 0.05) is 23.0 Å². The van der Waals surface area contributed by atoms with Crippen molar-refractivity contribution in [2.24, 2.45) is 0 Å². The molecular formula is C18H18ClN5O3S2. The lowest BCUT2D eigenvalue weighted by molar-refractivity contribution is 0.391. The third kappa shape index (κ3) is 4.54. The first kappa shape index (κ1) is 20.1. The molecule has 0 spiro atoms. The number of hydrogen-bond donors (Lipinski definition) is 0. The number of hydrogen-bond acceptors (Lipinski definition) is 8. The maximum absolute atomic E-state index is 11.8. The van der Waals surface area contributed by atoms with E-state index in [1.54, 1.807) is 18.2 Å². The van der Waals surface area contributed by atoms with Crippen LogP contribution in [0.1, 0.15) is 24.1 Å². The van der Waals surface area contributed by atoms with Crippen molar-refractivity contribution in [2.75, 3.05) is 11.5 Å². The second kappa shape index (κ2) is 8.29. The highest BCUT2D eigenvalue weighted by Gasteiger charge is 2.33. The van der Waals surface area contributed by atoms with Crippen LogP contribution in [0.15, 0.2) is 46.6 Å². The fraction of sp³-hybridized carbons (Fsp3) is 0.333. The minimum absolute atomic E-state index is 0.112. The van der Waals surface area contributed by atoms with Crippen molar-refractivity contribution < 1.29 is 12.9 Å². The van der Waals surface area contributed by atoms with Crippen LogP contribution in [0.5, 0.6) is 0 Å². The summed E-state index contributed by atoms with van der Waals surface area (Å²) in [6.45, 7) is 4.28. The average molecular weight is 452 g/mol. The Hall–Kier alpha value is -2.17. The third-order valence-electron chi connectivity index (χ3n) is 4.55. The molecule has 11 heteroatoms. The Bertz CT molecular complexity index is 1120.